The Morgan fingerprint density at radius 2 is 1.75 bits per heavy atom. The van der Waals surface area contributed by atoms with Gasteiger partial charge in [0, 0.05) is 63.9 Å². The fourth-order valence-electron chi connectivity index (χ4n) is 3.72. The summed E-state index contributed by atoms with van der Waals surface area (Å²) in [6, 6.07) is 10.3. The van der Waals surface area contributed by atoms with E-state index in [2.05, 4.69) is 25.4 Å². The van der Waals surface area contributed by atoms with Gasteiger partial charge in [-0.25, -0.2) is 4.39 Å². The summed E-state index contributed by atoms with van der Waals surface area (Å²) < 4.78 is 13.2. The Kier molecular flexibility index (Phi) is 8.52. The zero-order valence-corrected chi connectivity index (χ0v) is 18.6. The highest BCUT2D eigenvalue weighted by Gasteiger charge is 2.26. The first kappa shape index (κ1) is 23.6. The molecule has 1 aromatic carbocycles. The second-order valence-corrected chi connectivity index (χ2v) is 8.07. The van der Waals surface area contributed by atoms with E-state index in [0.717, 1.165) is 37.4 Å². The van der Waals surface area contributed by atoms with Gasteiger partial charge in [-0.05, 0) is 50.0 Å². The average molecular weight is 443 g/mol. The first-order valence-electron chi connectivity index (χ1n) is 10.8. The maximum atomic E-state index is 13.2. The number of rotatable bonds is 8. The summed E-state index contributed by atoms with van der Waals surface area (Å²) in [5.41, 5.74) is 1.97. The maximum Gasteiger partial charge on any atom is 0.309 e. The van der Waals surface area contributed by atoms with Crippen molar-refractivity contribution >= 4 is 17.5 Å². The third kappa shape index (κ3) is 6.73. The number of nitrogens with one attached hydrogen (secondary N) is 2. The Morgan fingerprint density at radius 1 is 1.06 bits per heavy atom. The normalized spacial score (nSPS) is 15.4. The van der Waals surface area contributed by atoms with E-state index < -0.39 is 11.8 Å². The lowest BCUT2D eigenvalue weighted by atomic mass is 10.1. The Balaban J connectivity index is 1.59. The standard InChI is InChI=1S/C23H31FN6O2/c1-28(2)11-10-26-22(31)23(32)27-17-21(18-4-3-9-25-16-18)30-14-12-29(13-15-30)20-7-5-19(24)6-8-20/h3-9,16,21H,10-15,17H2,1-2H3,(H,26,31)(H,27,32)/t21-/m1/s1. The fraction of sp³-hybridized carbons (Fsp3) is 0.435. The van der Waals surface area contributed by atoms with Crippen molar-refractivity contribution in [3.63, 3.8) is 0 Å². The third-order valence-electron chi connectivity index (χ3n) is 5.52. The van der Waals surface area contributed by atoms with Crippen LogP contribution in [0.5, 0.6) is 0 Å². The number of carbonyl (C=O) groups is 2. The van der Waals surface area contributed by atoms with Crippen LogP contribution >= 0.6 is 0 Å². The molecule has 0 spiro atoms. The van der Waals surface area contributed by atoms with E-state index in [1.54, 1.807) is 24.5 Å². The highest BCUT2D eigenvalue weighted by Crippen LogP contribution is 2.23. The lowest BCUT2D eigenvalue weighted by Gasteiger charge is -2.40. The first-order valence-corrected chi connectivity index (χ1v) is 10.8. The van der Waals surface area contributed by atoms with Gasteiger partial charge in [0.25, 0.3) is 0 Å². The van der Waals surface area contributed by atoms with Crippen LogP contribution in [-0.4, -0.2) is 86.5 Å². The van der Waals surface area contributed by atoms with Crippen LogP contribution in [0.15, 0.2) is 48.8 Å². The van der Waals surface area contributed by atoms with Crippen molar-refractivity contribution in [2.45, 2.75) is 6.04 Å². The summed E-state index contributed by atoms with van der Waals surface area (Å²) in [5.74, 6) is -1.51. The molecular formula is C23H31FN6O2. The quantitative estimate of drug-likeness (QED) is 0.591. The molecule has 8 nitrogen and oxygen atoms in total. The van der Waals surface area contributed by atoms with Crippen molar-refractivity contribution in [2.75, 3.05) is 64.8 Å². The lowest BCUT2D eigenvalue weighted by molar-refractivity contribution is -0.139. The van der Waals surface area contributed by atoms with Crippen LogP contribution < -0.4 is 15.5 Å². The summed E-state index contributed by atoms with van der Waals surface area (Å²) in [4.78, 5) is 35.0. The smallest absolute Gasteiger partial charge is 0.309 e. The van der Waals surface area contributed by atoms with Crippen molar-refractivity contribution in [1.82, 2.24) is 25.4 Å². The zero-order valence-electron chi connectivity index (χ0n) is 18.6. The van der Waals surface area contributed by atoms with Gasteiger partial charge in [0.05, 0.1) is 6.04 Å². The first-order chi connectivity index (χ1) is 15.4. The monoisotopic (exact) mass is 442 g/mol. The van der Waals surface area contributed by atoms with Gasteiger partial charge in [-0.2, -0.15) is 0 Å². The van der Waals surface area contributed by atoms with Crippen LogP contribution in [0.4, 0.5) is 10.1 Å². The predicted octanol–water partition coefficient (Wildman–Crippen LogP) is 0.878. The third-order valence-corrected chi connectivity index (χ3v) is 5.52. The molecule has 172 valence electrons. The number of amides is 2. The number of aromatic nitrogens is 1. The number of benzene rings is 1. The van der Waals surface area contributed by atoms with Gasteiger partial charge >= 0.3 is 11.8 Å². The number of nitrogens with zero attached hydrogens (tertiary/aromatic N) is 4. The molecule has 0 radical (unpaired) electrons. The van der Waals surface area contributed by atoms with E-state index in [0.29, 0.717) is 19.6 Å². The number of carbonyl (C=O) groups excluding carboxylic acids is 2. The lowest BCUT2D eigenvalue weighted by Crippen LogP contribution is -2.51. The maximum absolute atomic E-state index is 13.2. The molecule has 0 saturated carbocycles. The Hall–Kier alpha value is -3.04. The molecule has 1 aliphatic heterocycles. The number of halogens is 1. The molecule has 1 aliphatic rings. The average Bonchev–Trinajstić information content (AvgIpc) is 2.80. The molecule has 2 amide bonds. The summed E-state index contributed by atoms with van der Waals surface area (Å²) in [6.07, 6.45) is 3.50. The molecule has 1 aromatic heterocycles. The summed E-state index contributed by atoms with van der Waals surface area (Å²) >= 11 is 0. The van der Waals surface area contributed by atoms with Crippen molar-refractivity contribution in [2.24, 2.45) is 0 Å². The molecule has 0 aliphatic carbocycles. The van der Waals surface area contributed by atoms with Crippen molar-refractivity contribution in [3.05, 3.63) is 60.2 Å². The van der Waals surface area contributed by atoms with Crippen LogP contribution in [0.25, 0.3) is 0 Å². The number of hydrogen-bond acceptors (Lipinski definition) is 6. The fourth-order valence-corrected chi connectivity index (χ4v) is 3.72. The topological polar surface area (TPSA) is 80.8 Å². The van der Waals surface area contributed by atoms with Gasteiger partial charge < -0.3 is 20.4 Å². The molecule has 1 atom stereocenters. The van der Waals surface area contributed by atoms with E-state index in [1.807, 2.05) is 31.1 Å². The van der Waals surface area contributed by atoms with Crippen molar-refractivity contribution in [1.29, 1.82) is 0 Å². The van der Waals surface area contributed by atoms with Crippen LogP contribution in [0, 0.1) is 5.82 Å². The second kappa shape index (κ2) is 11.5. The summed E-state index contributed by atoms with van der Waals surface area (Å²) in [6.45, 7) is 4.47. The molecule has 2 aromatic rings. The molecule has 1 fully saturated rings. The number of likely N-dealkylation sites (N-methyl/N-ethyl adjacent to an activating group) is 1. The summed E-state index contributed by atoms with van der Waals surface area (Å²) in [7, 11) is 3.81. The number of pyridine rings is 1. The van der Waals surface area contributed by atoms with Crippen molar-refractivity contribution in [3.8, 4) is 0 Å². The Morgan fingerprint density at radius 3 is 2.38 bits per heavy atom. The van der Waals surface area contributed by atoms with Crippen molar-refractivity contribution < 1.29 is 14.0 Å². The second-order valence-electron chi connectivity index (χ2n) is 8.07. The Labute approximate surface area is 188 Å². The summed E-state index contributed by atoms with van der Waals surface area (Å²) in [5, 5.41) is 5.41. The molecule has 2 heterocycles. The highest BCUT2D eigenvalue weighted by molar-refractivity contribution is 6.35. The predicted molar refractivity (Wildman–Crippen MR) is 122 cm³/mol. The molecule has 2 N–H and O–H groups in total. The number of piperazine rings is 1. The van der Waals surface area contributed by atoms with Crippen LogP contribution in [-0.2, 0) is 9.59 Å². The Bertz CT molecular complexity index is 870. The van der Waals surface area contributed by atoms with Crippen LogP contribution in [0.3, 0.4) is 0 Å². The minimum absolute atomic E-state index is 0.0995. The van der Waals surface area contributed by atoms with Gasteiger partial charge in [0.15, 0.2) is 0 Å². The van der Waals surface area contributed by atoms with E-state index in [-0.39, 0.29) is 11.9 Å². The molecular weight excluding hydrogens is 411 g/mol. The highest BCUT2D eigenvalue weighted by atomic mass is 19.1. The number of anilines is 1. The van der Waals surface area contributed by atoms with E-state index in [1.165, 1.54) is 12.1 Å². The number of hydrogen-bond donors (Lipinski definition) is 2. The van der Waals surface area contributed by atoms with Gasteiger partial charge in [-0.3, -0.25) is 19.5 Å². The molecule has 32 heavy (non-hydrogen) atoms. The molecule has 0 bridgehead atoms. The van der Waals surface area contributed by atoms with E-state index >= 15 is 0 Å². The largest absolute Gasteiger partial charge is 0.369 e. The SMILES string of the molecule is CN(C)CCNC(=O)C(=O)NC[C@H](c1cccnc1)N1CCN(c2ccc(F)cc2)CC1. The molecule has 3 rings (SSSR count). The molecule has 9 heteroatoms. The van der Waals surface area contributed by atoms with Gasteiger partial charge in [0.1, 0.15) is 5.82 Å². The van der Waals surface area contributed by atoms with Crippen LogP contribution in [0.2, 0.25) is 0 Å². The zero-order chi connectivity index (χ0) is 22.9. The molecule has 1 saturated heterocycles. The van der Waals surface area contributed by atoms with Gasteiger partial charge in [0.2, 0.25) is 0 Å². The van der Waals surface area contributed by atoms with Gasteiger partial charge in [-0.1, -0.05) is 6.07 Å². The van der Waals surface area contributed by atoms with Gasteiger partial charge in [-0.15, -0.1) is 0 Å². The molecule has 0 unspecified atom stereocenters. The van der Waals surface area contributed by atoms with E-state index in [9.17, 15) is 14.0 Å². The minimum Gasteiger partial charge on any atom is -0.369 e. The van der Waals surface area contributed by atoms with Crippen LogP contribution in [0.1, 0.15) is 11.6 Å². The van der Waals surface area contributed by atoms with E-state index in [4.69, 9.17) is 0 Å². The minimum atomic E-state index is -0.636.